The van der Waals surface area contributed by atoms with E-state index >= 15 is 0 Å². The Morgan fingerprint density at radius 1 is 1.22 bits per heavy atom. The third-order valence-electron chi connectivity index (χ3n) is 4.47. The number of rotatable bonds is 6. The predicted molar refractivity (Wildman–Crippen MR) is 103 cm³/mol. The smallest absolute Gasteiger partial charge is 0.329 e. The van der Waals surface area contributed by atoms with Gasteiger partial charge in [-0.25, -0.2) is 9.78 Å². The Morgan fingerprint density at radius 2 is 2.00 bits per heavy atom. The van der Waals surface area contributed by atoms with Crippen LogP contribution in [0.2, 0.25) is 0 Å². The van der Waals surface area contributed by atoms with Gasteiger partial charge in [0, 0.05) is 18.8 Å². The van der Waals surface area contributed by atoms with Gasteiger partial charge in [0.15, 0.2) is 0 Å². The molecule has 1 aliphatic rings. The minimum absolute atomic E-state index is 0.150. The van der Waals surface area contributed by atoms with E-state index < -0.39 is 6.04 Å². The number of hydrogen-bond donors (Lipinski definition) is 1. The van der Waals surface area contributed by atoms with Crippen LogP contribution in [0, 0.1) is 0 Å². The summed E-state index contributed by atoms with van der Waals surface area (Å²) >= 11 is 0. The quantitative estimate of drug-likeness (QED) is 0.794. The van der Waals surface area contributed by atoms with E-state index in [-0.39, 0.29) is 24.5 Å². The summed E-state index contributed by atoms with van der Waals surface area (Å²) in [5.74, 6) is -0.00169. The van der Waals surface area contributed by atoms with Gasteiger partial charge in [0.05, 0.1) is 5.56 Å². The number of carbonyl (C=O) groups is 2. The highest BCUT2D eigenvalue weighted by Gasteiger charge is 2.36. The molecule has 0 radical (unpaired) electrons. The van der Waals surface area contributed by atoms with Crippen molar-refractivity contribution in [2.45, 2.75) is 45.4 Å². The van der Waals surface area contributed by atoms with Crippen molar-refractivity contribution < 1.29 is 14.3 Å². The monoisotopic (exact) mass is 367 g/mol. The van der Waals surface area contributed by atoms with Gasteiger partial charge in [-0.15, -0.1) is 0 Å². The molecule has 1 aromatic heterocycles. The van der Waals surface area contributed by atoms with Gasteiger partial charge >= 0.3 is 5.97 Å². The van der Waals surface area contributed by atoms with Crippen molar-refractivity contribution in [2.24, 2.45) is 0 Å². The Labute approximate surface area is 159 Å². The van der Waals surface area contributed by atoms with E-state index in [2.05, 4.69) is 10.3 Å². The number of pyridine rings is 1. The SMILES string of the molecule is CC(C)Nc1ncccc1C(=O)N1CCC[C@H]1C(=O)OCc1ccccc1. The number of hydrogen-bond acceptors (Lipinski definition) is 5. The summed E-state index contributed by atoms with van der Waals surface area (Å²) in [5, 5.41) is 3.19. The molecular weight excluding hydrogens is 342 g/mol. The fourth-order valence-corrected chi connectivity index (χ4v) is 3.20. The first kappa shape index (κ1) is 18.9. The topological polar surface area (TPSA) is 71.5 Å². The molecule has 6 heteroatoms. The summed E-state index contributed by atoms with van der Waals surface area (Å²) in [6.07, 6.45) is 3.05. The maximum absolute atomic E-state index is 13.1. The van der Waals surface area contributed by atoms with Crippen molar-refractivity contribution in [3.8, 4) is 0 Å². The van der Waals surface area contributed by atoms with Crippen LogP contribution in [0.1, 0.15) is 42.6 Å². The van der Waals surface area contributed by atoms with Gasteiger partial charge < -0.3 is 15.0 Å². The van der Waals surface area contributed by atoms with Crippen molar-refractivity contribution in [3.05, 3.63) is 59.8 Å². The Kier molecular flexibility index (Phi) is 6.06. The summed E-state index contributed by atoms with van der Waals surface area (Å²) in [6.45, 7) is 4.73. The zero-order valence-electron chi connectivity index (χ0n) is 15.7. The van der Waals surface area contributed by atoms with Gasteiger partial charge in [-0.2, -0.15) is 0 Å². The van der Waals surface area contributed by atoms with E-state index in [1.54, 1.807) is 23.2 Å². The van der Waals surface area contributed by atoms with E-state index in [9.17, 15) is 9.59 Å². The predicted octanol–water partition coefficient (Wildman–Crippen LogP) is 3.25. The molecule has 1 N–H and O–H groups in total. The van der Waals surface area contributed by atoms with Gasteiger partial charge in [0.2, 0.25) is 0 Å². The molecule has 0 saturated carbocycles. The zero-order chi connectivity index (χ0) is 19.2. The number of nitrogens with zero attached hydrogens (tertiary/aromatic N) is 2. The number of anilines is 1. The zero-order valence-corrected chi connectivity index (χ0v) is 15.7. The number of esters is 1. The summed E-state index contributed by atoms with van der Waals surface area (Å²) in [7, 11) is 0. The number of benzene rings is 1. The molecule has 1 atom stereocenters. The molecule has 2 heterocycles. The van der Waals surface area contributed by atoms with Crippen molar-refractivity contribution in [1.82, 2.24) is 9.88 Å². The summed E-state index contributed by atoms with van der Waals surface area (Å²) in [5.41, 5.74) is 1.41. The van der Waals surface area contributed by atoms with Crippen LogP contribution in [0.25, 0.3) is 0 Å². The van der Waals surface area contributed by atoms with Gasteiger partial charge in [0.25, 0.3) is 5.91 Å². The molecular formula is C21H25N3O3. The Balaban J connectivity index is 1.70. The van der Waals surface area contributed by atoms with E-state index in [4.69, 9.17) is 4.74 Å². The van der Waals surface area contributed by atoms with Crippen LogP contribution in [0.5, 0.6) is 0 Å². The van der Waals surface area contributed by atoms with E-state index in [1.165, 1.54) is 0 Å². The summed E-state index contributed by atoms with van der Waals surface area (Å²) in [4.78, 5) is 31.5. The van der Waals surface area contributed by atoms with Crippen molar-refractivity contribution >= 4 is 17.7 Å². The van der Waals surface area contributed by atoms with Crippen molar-refractivity contribution in [2.75, 3.05) is 11.9 Å². The average Bonchev–Trinajstić information content (AvgIpc) is 3.16. The number of likely N-dealkylation sites (tertiary alicyclic amines) is 1. The third-order valence-corrected chi connectivity index (χ3v) is 4.47. The molecule has 1 aromatic carbocycles. The second-order valence-corrected chi connectivity index (χ2v) is 6.95. The highest BCUT2D eigenvalue weighted by atomic mass is 16.5. The second kappa shape index (κ2) is 8.66. The number of amides is 1. The largest absolute Gasteiger partial charge is 0.459 e. The molecule has 1 fully saturated rings. The first-order valence-corrected chi connectivity index (χ1v) is 9.29. The lowest BCUT2D eigenvalue weighted by Gasteiger charge is -2.24. The van der Waals surface area contributed by atoms with Crippen molar-refractivity contribution in [3.63, 3.8) is 0 Å². The first-order chi connectivity index (χ1) is 13.1. The summed E-state index contributed by atoms with van der Waals surface area (Å²) < 4.78 is 5.46. The molecule has 0 aliphatic carbocycles. The minimum atomic E-state index is -0.548. The lowest BCUT2D eigenvalue weighted by atomic mass is 10.1. The lowest BCUT2D eigenvalue weighted by molar-refractivity contribution is -0.149. The highest BCUT2D eigenvalue weighted by Crippen LogP contribution is 2.24. The molecule has 3 rings (SSSR count). The van der Waals surface area contributed by atoms with Gasteiger partial charge in [-0.3, -0.25) is 4.79 Å². The van der Waals surface area contributed by atoms with Crippen LogP contribution in [0.3, 0.4) is 0 Å². The van der Waals surface area contributed by atoms with Crippen LogP contribution >= 0.6 is 0 Å². The molecule has 0 bridgehead atoms. The van der Waals surface area contributed by atoms with Gasteiger partial charge in [0.1, 0.15) is 18.5 Å². The standard InChI is InChI=1S/C21H25N3O3/c1-15(2)23-19-17(10-6-12-22-19)20(25)24-13-7-11-18(24)21(26)27-14-16-8-4-3-5-9-16/h3-6,8-10,12,15,18H,7,11,13-14H2,1-2H3,(H,22,23)/t18-/m0/s1. The fourth-order valence-electron chi connectivity index (χ4n) is 3.20. The molecule has 1 saturated heterocycles. The van der Waals surface area contributed by atoms with Gasteiger partial charge in [-0.05, 0) is 44.4 Å². The van der Waals surface area contributed by atoms with Crippen LogP contribution in [-0.2, 0) is 16.1 Å². The number of nitrogens with one attached hydrogen (secondary N) is 1. The highest BCUT2D eigenvalue weighted by molar-refractivity contribution is 6.00. The molecule has 0 unspecified atom stereocenters. The maximum Gasteiger partial charge on any atom is 0.329 e. The van der Waals surface area contributed by atoms with Crippen LogP contribution in [-0.4, -0.2) is 40.4 Å². The molecule has 2 aromatic rings. The van der Waals surface area contributed by atoms with Crippen LogP contribution in [0.4, 0.5) is 5.82 Å². The second-order valence-electron chi connectivity index (χ2n) is 6.95. The van der Waals surface area contributed by atoms with Gasteiger partial charge in [-0.1, -0.05) is 30.3 Å². The maximum atomic E-state index is 13.1. The minimum Gasteiger partial charge on any atom is -0.459 e. The van der Waals surface area contributed by atoms with Crippen LogP contribution < -0.4 is 5.32 Å². The molecule has 6 nitrogen and oxygen atoms in total. The van der Waals surface area contributed by atoms with E-state index in [1.807, 2.05) is 44.2 Å². The fraction of sp³-hybridized carbons (Fsp3) is 0.381. The number of ether oxygens (including phenoxy) is 1. The molecule has 1 amide bonds. The van der Waals surface area contributed by atoms with E-state index in [0.717, 1.165) is 12.0 Å². The Hall–Kier alpha value is -2.89. The lowest BCUT2D eigenvalue weighted by Crippen LogP contribution is -2.41. The number of aromatic nitrogens is 1. The number of carbonyl (C=O) groups excluding carboxylic acids is 2. The molecule has 27 heavy (non-hydrogen) atoms. The summed E-state index contributed by atoms with van der Waals surface area (Å²) in [6, 6.07) is 12.6. The van der Waals surface area contributed by atoms with E-state index in [0.29, 0.717) is 24.3 Å². The third kappa shape index (κ3) is 4.64. The molecule has 142 valence electrons. The van der Waals surface area contributed by atoms with Crippen LogP contribution in [0.15, 0.2) is 48.7 Å². The average molecular weight is 367 g/mol. The normalized spacial score (nSPS) is 16.4. The Morgan fingerprint density at radius 3 is 2.74 bits per heavy atom. The Bertz CT molecular complexity index is 792. The molecule has 0 spiro atoms. The van der Waals surface area contributed by atoms with Crippen molar-refractivity contribution in [1.29, 1.82) is 0 Å². The first-order valence-electron chi connectivity index (χ1n) is 9.29. The molecule has 1 aliphatic heterocycles.